The quantitative estimate of drug-likeness (QED) is 0.809. The van der Waals surface area contributed by atoms with Crippen LogP contribution in [-0.2, 0) is 5.72 Å². The molecule has 17 heavy (non-hydrogen) atoms. The van der Waals surface area contributed by atoms with E-state index in [9.17, 15) is 9.90 Å². The standard InChI is InChI=1S/C14H19NO2/c1-5-15-12(16)10-8-6-7-9-11(10)14(15,17)13(2,3)4/h6-9,17H,5H2,1-4H3. The minimum atomic E-state index is -1.21. The maximum absolute atomic E-state index is 12.3. The van der Waals surface area contributed by atoms with Crippen molar-refractivity contribution in [3.63, 3.8) is 0 Å². The fraction of sp³-hybridized carbons (Fsp3) is 0.500. The lowest BCUT2D eigenvalue weighted by atomic mass is 9.78. The fourth-order valence-corrected chi connectivity index (χ4v) is 2.59. The Balaban J connectivity index is 2.70. The zero-order chi connectivity index (χ0) is 12.8. The zero-order valence-electron chi connectivity index (χ0n) is 10.8. The minimum Gasteiger partial charge on any atom is -0.366 e. The van der Waals surface area contributed by atoms with Gasteiger partial charge in [0.1, 0.15) is 0 Å². The SMILES string of the molecule is CCN1C(=O)c2ccccc2C1(O)C(C)(C)C. The van der Waals surface area contributed by atoms with Crippen molar-refractivity contribution in [1.29, 1.82) is 0 Å². The van der Waals surface area contributed by atoms with Crippen molar-refractivity contribution in [2.75, 3.05) is 6.54 Å². The number of carbonyl (C=O) groups excluding carboxylic acids is 1. The maximum atomic E-state index is 12.3. The molecule has 1 aliphatic heterocycles. The second-order valence-corrected chi connectivity index (χ2v) is 5.52. The molecular weight excluding hydrogens is 214 g/mol. The Labute approximate surface area is 102 Å². The molecule has 1 aromatic rings. The van der Waals surface area contributed by atoms with E-state index in [1.54, 1.807) is 11.0 Å². The van der Waals surface area contributed by atoms with E-state index in [0.717, 1.165) is 5.56 Å². The number of nitrogens with zero attached hydrogens (tertiary/aromatic N) is 1. The van der Waals surface area contributed by atoms with Gasteiger partial charge in [0.15, 0.2) is 5.72 Å². The van der Waals surface area contributed by atoms with Gasteiger partial charge >= 0.3 is 0 Å². The first kappa shape index (κ1) is 12.1. The van der Waals surface area contributed by atoms with Gasteiger partial charge in [-0.1, -0.05) is 39.0 Å². The van der Waals surface area contributed by atoms with E-state index in [0.29, 0.717) is 12.1 Å². The molecule has 92 valence electrons. The second-order valence-electron chi connectivity index (χ2n) is 5.52. The molecule has 1 heterocycles. The van der Waals surface area contributed by atoms with Crippen LogP contribution in [-0.4, -0.2) is 22.5 Å². The first-order valence-electron chi connectivity index (χ1n) is 5.98. The summed E-state index contributed by atoms with van der Waals surface area (Å²) in [6.07, 6.45) is 0. The molecule has 0 aliphatic carbocycles. The Kier molecular flexibility index (Phi) is 2.54. The van der Waals surface area contributed by atoms with Crippen molar-refractivity contribution in [2.45, 2.75) is 33.4 Å². The minimum absolute atomic E-state index is 0.0828. The highest BCUT2D eigenvalue weighted by Gasteiger charge is 2.54. The topological polar surface area (TPSA) is 40.5 Å². The van der Waals surface area contributed by atoms with Crippen LogP contribution in [0.2, 0.25) is 0 Å². The summed E-state index contributed by atoms with van der Waals surface area (Å²) in [4.78, 5) is 13.8. The van der Waals surface area contributed by atoms with Crippen LogP contribution in [0.1, 0.15) is 43.6 Å². The van der Waals surface area contributed by atoms with Crippen LogP contribution < -0.4 is 0 Å². The maximum Gasteiger partial charge on any atom is 0.256 e. The molecule has 0 saturated heterocycles. The highest BCUT2D eigenvalue weighted by molar-refractivity contribution is 5.99. The van der Waals surface area contributed by atoms with Crippen molar-refractivity contribution in [3.8, 4) is 0 Å². The summed E-state index contributed by atoms with van der Waals surface area (Å²) in [5.74, 6) is -0.0828. The van der Waals surface area contributed by atoms with E-state index in [4.69, 9.17) is 0 Å². The van der Waals surface area contributed by atoms with E-state index in [1.165, 1.54) is 0 Å². The summed E-state index contributed by atoms with van der Waals surface area (Å²) in [5.41, 5.74) is -0.299. The molecule has 2 rings (SSSR count). The molecule has 1 amide bonds. The normalized spacial score (nSPS) is 24.1. The van der Waals surface area contributed by atoms with Crippen LogP contribution >= 0.6 is 0 Å². The van der Waals surface area contributed by atoms with Crippen LogP contribution in [0.25, 0.3) is 0 Å². The largest absolute Gasteiger partial charge is 0.366 e. The molecule has 3 heteroatoms. The monoisotopic (exact) mass is 233 g/mol. The molecular formula is C14H19NO2. The van der Waals surface area contributed by atoms with Gasteiger partial charge in [0.05, 0.1) is 0 Å². The molecule has 1 aromatic carbocycles. The first-order valence-corrected chi connectivity index (χ1v) is 5.98. The summed E-state index contributed by atoms with van der Waals surface area (Å²) < 4.78 is 0. The lowest BCUT2D eigenvalue weighted by Crippen LogP contribution is -2.52. The van der Waals surface area contributed by atoms with Crippen molar-refractivity contribution >= 4 is 5.91 Å². The van der Waals surface area contributed by atoms with Gasteiger partial charge in [0, 0.05) is 23.1 Å². The van der Waals surface area contributed by atoms with E-state index in [1.807, 2.05) is 45.9 Å². The van der Waals surface area contributed by atoms with Gasteiger partial charge in [-0.3, -0.25) is 4.79 Å². The average Bonchev–Trinajstić information content (AvgIpc) is 2.49. The number of carbonyl (C=O) groups is 1. The molecule has 0 radical (unpaired) electrons. The number of hydrogen-bond acceptors (Lipinski definition) is 2. The Hall–Kier alpha value is -1.35. The third-order valence-corrected chi connectivity index (χ3v) is 3.53. The van der Waals surface area contributed by atoms with E-state index >= 15 is 0 Å². The van der Waals surface area contributed by atoms with Gasteiger partial charge in [-0.05, 0) is 13.0 Å². The van der Waals surface area contributed by atoms with Gasteiger partial charge in [0.2, 0.25) is 0 Å². The summed E-state index contributed by atoms with van der Waals surface area (Å²) >= 11 is 0. The van der Waals surface area contributed by atoms with E-state index < -0.39 is 11.1 Å². The third-order valence-electron chi connectivity index (χ3n) is 3.53. The van der Waals surface area contributed by atoms with E-state index in [2.05, 4.69) is 0 Å². The third kappa shape index (κ3) is 1.42. The molecule has 0 spiro atoms. The molecule has 0 aromatic heterocycles. The summed E-state index contributed by atoms with van der Waals surface area (Å²) in [5, 5.41) is 11.0. The van der Waals surface area contributed by atoms with Crippen molar-refractivity contribution in [1.82, 2.24) is 4.90 Å². The molecule has 0 bridgehead atoms. The number of fused-ring (bicyclic) bond motifs is 1. The smallest absolute Gasteiger partial charge is 0.256 e. The van der Waals surface area contributed by atoms with Crippen LogP contribution in [0.5, 0.6) is 0 Å². The lowest BCUT2D eigenvalue weighted by Gasteiger charge is -2.43. The highest BCUT2D eigenvalue weighted by Crippen LogP contribution is 2.48. The molecule has 0 fully saturated rings. The molecule has 1 unspecified atom stereocenters. The summed E-state index contributed by atoms with van der Waals surface area (Å²) in [6, 6.07) is 7.32. The predicted octanol–water partition coefficient (Wildman–Crippen LogP) is 2.35. The van der Waals surface area contributed by atoms with Gasteiger partial charge in [-0.25, -0.2) is 0 Å². The molecule has 1 N–H and O–H groups in total. The lowest BCUT2D eigenvalue weighted by molar-refractivity contribution is -0.157. The van der Waals surface area contributed by atoms with Crippen LogP contribution in [0.4, 0.5) is 0 Å². The van der Waals surface area contributed by atoms with Gasteiger partial charge < -0.3 is 10.0 Å². The first-order chi connectivity index (χ1) is 7.84. The Morgan fingerprint density at radius 1 is 1.29 bits per heavy atom. The average molecular weight is 233 g/mol. The van der Waals surface area contributed by atoms with E-state index in [-0.39, 0.29) is 5.91 Å². The number of rotatable bonds is 1. The number of benzene rings is 1. The molecule has 1 aliphatic rings. The Morgan fingerprint density at radius 3 is 2.41 bits per heavy atom. The second kappa shape index (κ2) is 3.57. The van der Waals surface area contributed by atoms with Gasteiger partial charge in [-0.2, -0.15) is 0 Å². The van der Waals surface area contributed by atoms with Crippen molar-refractivity contribution < 1.29 is 9.90 Å². The van der Waals surface area contributed by atoms with Crippen LogP contribution in [0, 0.1) is 5.41 Å². The predicted molar refractivity (Wildman–Crippen MR) is 66.5 cm³/mol. The zero-order valence-corrected chi connectivity index (χ0v) is 10.8. The van der Waals surface area contributed by atoms with Crippen LogP contribution in [0.15, 0.2) is 24.3 Å². The highest BCUT2D eigenvalue weighted by atomic mass is 16.3. The molecule has 0 saturated carbocycles. The summed E-state index contributed by atoms with van der Waals surface area (Å²) in [7, 11) is 0. The fourth-order valence-electron chi connectivity index (χ4n) is 2.59. The number of amides is 1. The summed E-state index contributed by atoms with van der Waals surface area (Å²) in [6.45, 7) is 8.24. The number of hydrogen-bond donors (Lipinski definition) is 1. The molecule has 3 nitrogen and oxygen atoms in total. The Morgan fingerprint density at radius 2 is 1.88 bits per heavy atom. The van der Waals surface area contributed by atoms with Gasteiger partial charge in [0.25, 0.3) is 5.91 Å². The van der Waals surface area contributed by atoms with Crippen molar-refractivity contribution in [3.05, 3.63) is 35.4 Å². The Bertz CT molecular complexity index is 462. The van der Waals surface area contributed by atoms with Gasteiger partial charge in [-0.15, -0.1) is 0 Å². The molecule has 1 atom stereocenters. The van der Waals surface area contributed by atoms with Crippen molar-refractivity contribution in [2.24, 2.45) is 5.41 Å². The number of aliphatic hydroxyl groups is 1. The van der Waals surface area contributed by atoms with Crippen LogP contribution in [0.3, 0.4) is 0 Å².